The van der Waals surface area contributed by atoms with Crippen molar-refractivity contribution in [2.45, 2.75) is 12.1 Å². The molecule has 4 N–H and O–H groups in total. The van der Waals surface area contributed by atoms with Crippen molar-refractivity contribution in [2.24, 2.45) is 16.5 Å². The van der Waals surface area contributed by atoms with Gasteiger partial charge in [0.15, 0.2) is 0 Å². The summed E-state index contributed by atoms with van der Waals surface area (Å²) in [5.74, 6) is 0.469. The van der Waals surface area contributed by atoms with Crippen molar-refractivity contribution in [3.8, 4) is 16.8 Å². The number of rotatable bonds is 7. The number of aliphatic imine (C=N–C) groups is 1. The highest BCUT2D eigenvalue weighted by atomic mass is 32.1. The van der Waals surface area contributed by atoms with Crippen LogP contribution >= 0.6 is 11.3 Å². The first-order valence-corrected chi connectivity index (χ1v) is 19.1. The van der Waals surface area contributed by atoms with Crippen LogP contribution in [0.4, 0.5) is 0 Å². The van der Waals surface area contributed by atoms with Gasteiger partial charge in [0.25, 0.3) is 0 Å². The number of aromatic nitrogens is 1. The Balaban J connectivity index is 1.09. The molecule has 0 aliphatic rings. The van der Waals surface area contributed by atoms with Crippen LogP contribution in [0.3, 0.4) is 0 Å². The van der Waals surface area contributed by atoms with Gasteiger partial charge >= 0.3 is 0 Å². The van der Waals surface area contributed by atoms with Crippen molar-refractivity contribution in [3.63, 3.8) is 0 Å². The molecule has 8 aromatic carbocycles. The Morgan fingerprint density at radius 2 is 1.15 bits per heavy atom. The van der Waals surface area contributed by atoms with Crippen LogP contribution in [0, 0.1) is 0 Å². The zero-order chi connectivity index (χ0) is 36.2. The van der Waals surface area contributed by atoms with Crippen molar-refractivity contribution in [1.29, 1.82) is 0 Å². The fraction of sp³-hybridized carbons (Fsp3) is 0.0408. The lowest BCUT2D eigenvalue weighted by Gasteiger charge is -2.22. The van der Waals surface area contributed by atoms with E-state index < -0.39 is 6.04 Å². The monoisotopic (exact) mass is 712 g/mol. The Morgan fingerprint density at radius 1 is 0.519 bits per heavy atom. The summed E-state index contributed by atoms with van der Waals surface area (Å²) in [5, 5.41) is 7.57. The summed E-state index contributed by atoms with van der Waals surface area (Å²) >= 11 is 1.85. The van der Waals surface area contributed by atoms with Gasteiger partial charge in [-0.25, -0.2) is 0 Å². The zero-order valence-corrected chi connectivity index (χ0v) is 30.2. The number of hydrogen-bond acceptors (Lipinski definition) is 3. The summed E-state index contributed by atoms with van der Waals surface area (Å²) < 4.78 is 5.01. The number of fused-ring (bicyclic) bond motifs is 8. The third-order valence-electron chi connectivity index (χ3n) is 10.7. The predicted octanol–water partition coefficient (Wildman–Crippen LogP) is 12.1. The summed E-state index contributed by atoms with van der Waals surface area (Å²) in [7, 11) is 0. The lowest BCUT2D eigenvalue weighted by Crippen LogP contribution is -2.23. The van der Waals surface area contributed by atoms with E-state index in [9.17, 15) is 0 Å². The smallest absolute Gasteiger partial charge is 0.126 e. The van der Waals surface area contributed by atoms with Gasteiger partial charge in [-0.2, -0.15) is 0 Å². The number of hydrogen-bond donors (Lipinski definition) is 2. The van der Waals surface area contributed by atoms with E-state index in [2.05, 4.69) is 138 Å². The second-order valence-electron chi connectivity index (χ2n) is 13.9. The Morgan fingerprint density at radius 3 is 1.94 bits per heavy atom. The van der Waals surface area contributed by atoms with Crippen molar-refractivity contribution in [1.82, 2.24) is 4.57 Å². The molecular weight excluding hydrogens is 677 g/mol. The minimum Gasteiger partial charge on any atom is -0.383 e. The number of amidine groups is 1. The van der Waals surface area contributed by atoms with Gasteiger partial charge in [-0.3, -0.25) is 4.99 Å². The molecule has 258 valence electrons. The summed E-state index contributed by atoms with van der Waals surface area (Å²) in [6, 6.07) is 63.6. The summed E-state index contributed by atoms with van der Waals surface area (Å²) in [5.41, 5.74) is 22.3. The van der Waals surface area contributed by atoms with Crippen LogP contribution in [0.25, 0.3) is 69.6 Å². The molecule has 0 aliphatic carbocycles. The molecule has 54 heavy (non-hydrogen) atoms. The Bertz CT molecular complexity index is 3010. The molecule has 0 bridgehead atoms. The highest BCUT2D eigenvalue weighted by molar-refractivity contribution is 7.25. The van der Waals surface area contributed by atoms with E-state index in [0.29, 0.717) is 5.84 Å². The second-order valence-corrected chi connectivity index (χ2v) is 15.0. The molecular formula is C49H36N4S. The largest absolute Gasteiger partial charge is 0.383 e. The summed E-state index contributed by atoms with van der Waals surface area (Å²) in [6.07, 6.45) is 0. The summed E-state index contributed by atoms with van der Waals surface area (Å²) in [6.45, 7) is 0. The van der Waals surface area contributed by atoms with Gasteiger partial charge in [-0.1, -0.05) is 133 Å². The number of thiophene rings is 1. The molecule has 5 heteroatoms. The average Bonchev–Trinajstić information content (AvgIpc) is 3.78. The average molecular weight is 713 g/mol. The van der Waals surface area contributed by atoms with Crippen LogP contribution in [-0.4, -0.2) is 10.4 Å². The lowest BCUT2D eigenvalue weighted by atomic mass is 9.94. The zero-order valence-electron chi connectivity index (χ0n) is 29.4. The molecule has 10 rings (SSSR count). The van der Waals surface area contributed by atoms with Gasteiger partial charge in [0.05, 0.1) is 23.1 Å². The molecule has 4 nitrogen and oxygen atoms in total. The van der Waals surface area contributed by atoms with Crippen molar-refractivity contribution < 1.29 is 0 Å². The third kappa shape index (κ3) is 5.45. The van der Waals surface area contributed by atoms with E-state index in [1.165, 1.54) is 58.4 Å². The van der Waals surface area contributed by atoms with Crippen LogP contribution in [0.1, 0.15) is 28.8 Å². The van der Waals surface area contributed by atoms with Crippen LogP contribution in [0.15, 0.2) is 187 Å². The summed E-state index contributed by atoms with van der Waals surface area (Å²) in [4.78, 5) is 5.00. The quantitative estimate of drug-likeness (QED) is 0.128. The minimum atomic E-state index is -0.411. The van der Waals surface area contributed by atoms with E-state index in [4.69, 9.17) is 16.5 Å². The first-order valence-electron chi connectivity index (χ1n) is 18.3. The highest BCUT2D eigenvalue weighted by Crippen LogP contribution is 2.41. The van der Waals surface area contributed by atoms with Gasteiger partial charge < -0.3 is 16.0 Å². The normalized spacial score (nSPS) is 13.3. The van der Waals surface area contributed by atoms with Gasteiger partial charge in [0.2, 0.25) is 0 Å². The lowest BCUT2D eigenvalue weighted by molar-refractivity contribution is 0.576. The molecule has 0 radical (unpaired) electrons. The number of nitrogens with two attached hydrogens (primary N) is 2. The molecule has 2 aromatic heterocycles. The maximum Gasteiger partial charge on any atom is 0.126 e. The molecule has 2 heterocycles. The Labute approximate surface area is 317 Å². The van der Waals surface area contributed by atoms with Gasteiger partial charge in [0.1, 0.15) is 5.84 Å². The van der Waals surface area contributed by atoms with E-state index in [0.717, 1.165) is 27.9 Å². The fourth-order valence-electron chi connectivity index (χ4n) is 8.03. The van der Waals surface area contributed by atoms with Crippen LogP contribution in [-0.2, 0) is 0 Å². The molecule has 10 aromatic rings. The standard InChI is InChI=1S/C49H36N4S/c50-47(48(33-12-3-1-4-13-33)52-49(51)34-14-5-2-6-15-34)32-19-24-37(25-20-32)53-42-26-22-35(30-41(42)46-38-16-8-7-11-31(38)21-27-43(46)53)36-23-28-45-40(29-36)39-17-9-10-18-44(39)54-45/h1-30,47-48H,50H2,(H2,51,52)/t47-,48?/m0/s1. The van der Waals surface area contributed by atoms with E-state index >= 15 is 0 Å². The maximum absolute atomic E-state index is 7.07. The molecule has 0 aliphatic heterocycles. The number of benzene rings is 8. The van der Waals surface area contributed by atoms with Crippen molar-refractivity contribution >= 4 is 69.9 Å². The molecule has 0 spiro atoms. The predicted molar refractivity (Wildman–Crippen MR) is 230 cm³/mol. The van der Waals surface area contributed by atoms with Crippen LogP contribution < -0.4 is 11.5 Å². The van der Waals surface area contributed by atoms with E-state index in [1.54, 1.807) is 0 Å². The Kier molecular flexibility index (Phi) is 7.83. The molecule has 1 unspecified atom stereocenters. The number of nitrogens with zero attached hydrogens (tertiary/aromatic N) is 2. The first-order chi connectivity index (χ1) is 26.6. The molecule has 2 atom stereocenters. The first kappa shape index (κ1) is 32.1. The van der Waals surface area contributed by atoms with Crippen LogP contribution in [0.5, 0.6) is 0 Å². The van der Waals surface area contributed by atoms with Crippen LogP contribution in [0.2, 0.25) is 0 Å². The van der Waals surface area contributed by atoms with E-state index in [1.807, 2.05) is 59.9 Å². The van der Waals surface area contributed by atoms with Crippen molar-refractivity contribution in [3.05, 3.63) is 199 Å². The van der Waals surface area contributed by atoms with E-state index in [-0.39, 0.29) is 6.04 Å². The molecule has 0 saturated carbocycles. The molecule has 0 saturated heterocycles. The van der Waals surface area contributed by atoms with Gasteiger partial charge in [-0.05, 0) is 81.6 Å². The maximum atomic E-state index is 7.07. The highest BCUT2D eigenvalue weighted by Gasteiger charge is 2.23. The minimum absolute atomic E-state index is 0.360. The molecule has 0 fully saturated rings. The fourth-order valence-corrected chi connectivity index (χ4v) is 9.11. The van der Waals surface area contributed by atoms with Gasteiger partial charge in [-0.15, -0.1) is 11.3 Å². The Hall–Kier alpha value is -6.53. The third-order valence-corrected chi connectivity index (χ3v) is 11.9. The topological polar surface area (TPSA) is 69.3 Å². The van der Waals surface area contributed by atoms with Crippen molar-refractivity contribution in [2.75, 3.05) is 0 Å². The van der Waals surface area contributed by atoms with Gasteiger partial charge in [0, 0.05) is 42.2 Å². The SMILES string of the molecule is N/C(=N\C(c1ccccc1)[C@@H](N)c1ccc(-n2c3ccc(-c4ccc5sc6ccccc6c5c4)cc3c3c4ccccc4ccc32)cc1)c1ccccc1. The molecule has 0 amide bonds. The second kappa shape index (κ2) is 13.2.